The lowest BCUT2D eigenvalue weighted by Crippen LogP contribution is -2.61. The van der Waals surface area contributed by atoms with Gasteiger partial charge in [-0.25, -0.2) is 0 Å². The average molecular weight is 261 g/mol. The lowest BCUT2D eigenvalue weighted by atomic mass is 9.89. The maximum atomic E-state index is 6.11. The molecule has 1 aromatic rings. The van der Waals surface area contributed by atoms with Crippen molar-refractivity contribution in [3.8, 4) is 0 Å². The molecule has 0 aromatic heterocycles. The highest BCUT2D eigenvalue weighted by Gasteiger charge is 2.34. The van der Waals surface area contributed by atoms with Crippen molar-refractivity contribution in [2.75, 3.05) is 33.2 Å². The Balaban J connectivity index is 2.09. The number of rotatable bonds is 4. The summed E-state index contributed by atoms with van der Waals surface area (Å²) in [5.41, 5.74) is 7.55. The molecule has 19 heavy (non-hydrogen) atoms. The number of hydrogen-bond acceptors (Lipinski definition) is 3. The molecule has 3 heteroatoms. The van der Waals surface area contributed by atoms with Gasteiger partial charge in [0.15, 0.2) is 0 Å². The maximum Gasteiger partial charge on any atom is 0.0345 e. The summed E-state index contributed by atoms with van der Waals surface area (Å²) in [7, 11) is 2.21. The fourth-order valence-electron chi connectivity index (χ4n) is 2.89. The molecule has 0 aliphatic carbocycles. The molecule has 1 aliphatic rings. The number of nitrogens with zero attached hydrogens (tertiary/aromatic N) is 2. The standard InChI is InChI=1S/C16H27N3/c1-14-12-19(10-9-18(14)3)16(2,13-17)11-15-7-5-4-6-8-15/h4-8,14H,9-13,17H2,1-3H3. The van der Waals surface area contributed by atoms with Crippen molar-refractivity contribution in [3.63, 3.8) is 0 Å². The Morgan fingerprint density at radius 1 is 1.26 bits per heavy atom. The minimum absolute atomic E-state index is 0.0663. The monoisotopic (exact) mass is 261 g/mol. The molecule has 0 spiro atoms. The molecule has 0 bridgehead atoms. The van der Waals surface area contributed by atoms with E-state index in [9.17, 15) is 0 Å². The lowest BCUT2D eigenvalue weighted by molar-refractivity contribution is 0.0275. The third-order valence-corrected chi connectivity index (χ3v) is 4.59. The van der Waals surface area contributed by atoms with Crippen LogP contribution in [0.5, 0.6) is 0 Å². The number of benzene rings is 1. The molecule has 106 valence electrons. The van der Waals surface area contributed by atoms with Gasteiger partial charge in [0.25, 0.3) is 0 Å². The van der Waals surface area contributed by atoms with E-state index in [1.54, 1.807) is 0 Å². The topological polar surface area (TPSA) is 32.5 Å². The van der Waals surface area contributed by atoms with Crippen LogP contribution >= 0.6 is 0 Å². The molecule has 3 nitrogen and oxygen atoms in total. The van der Waals surface area contributed by atoms with Gasteiger partial charge in [0, 0.05) is 37.8 Å². The number of likely N-dealkylation sites (N-methyl/N-ethyl adjacent to an activating group) is 1. The quantitative estimate of drug-likeness (QED) is 0.893. The van der Waals surface area contributed by atoms with Crippen molar-refractivity contribution in [2.24, 2.45) is 5.73 Å². The van der Waals surface area contributed by atoms with Gasteiger partial charge in [-0.3, -0.25) is 4.90 Å². The summed E-state index contributed by atoms with van der Waals surface area (Å²) in [6.07, 6.45) is 1.03. The average Bonchev–Trinajstić information content (AvgIpc) is 2.43. The van der Waals surface area contributed by atoms with Crippen LogP contribution in [-0.2, 0) is 6.42 Å². The van der Waals surface area contributed by atoms with Crippen molar-refractivity contribution in [1.29, 1.82) is 0 Å². The van der Waals surface area contributed by atoms with E-state index in [2.05, 4.69) is 61.0 Å². The maximum absolute atomic E-state index is 6.11. The Kier molecular flexibility index (Phi) is 4.61. The van der Waals surface area contributed by atoms with E-state index in [0.29, 0.717) is 12.6 Å². The van der Waals surface area contributed by atoms with Crippen LogP contribution in [0.2, 0.25) is 0 Å². The summed E-state index contributed by atoms with van der Waals surface area (Å²) in [5, 5.41) is 0. The first-order valence-corrected chi connectivity index (χ1v) is 7.24. The Labute approximate surface area is 117 Å². The van der Waals surface area contributed by atoms with Crippen LogP contribution in [0.15, 0.2) is 30.3 Å². The van der Waals surface area contributed by atoms with Crippen LogP contribution in [-0.4, -0.2) is 54.6 Å². The van der Waals surface area contributed by atoms with E-state index in [0.717, 1.165) is 26.1 Å². The van der Waals surface area contributed by atoms with Crippen LogP contribution in [0.1, 0.15) is 19.4 Å². The Bertz CT molecular complexity index is 392. The zero-order valence-electron chi connectivity index (χ0n) is 12.5. The van der Waals surface area contributed by atoms with E-state index >= 15 is 0 Å². The summed E-state index contributed by atoms with van der Waals surface area (Å²) in [6.45, 7) is 8.66. The minimum atomic E-state index is 0.0663. The normalized spacial score (nSPS) is 25.2. The zero-order valence-corrected chi connectivity index (χ0v) is 12.5. The van der Waals surface area contributed by atoms with Gasteiger partial charge in [0.1, 0.15) is 0 Å². The third-order valence-electron chi connectivity index (χ3n) is 4.59. The van der Waals surface area contributed by atoms with Gasteiger partial charge in [-0.2, -0.15) is 0 Å². The van der Waals surface area contributed by atoms with Crippen LogP contribution in [0, 0.1) is 0 Å². The Hall–Kier alpha value is -0.900. The predicted octanol–water partition coefficient (Wildman–Crippen LogP) is 1.58. The van der Waals surface area contributed by atoms with Gasteiger partial charge < -0.3 is 10.6 Å². The van der Waals surface area contributed by atoms with Crippen molar-refractivity contribution < 1.29 is 0 Å². The summed E-state index contributed by atoms with van der Waals surface area (Å²) in [5.74, 6) is 0. The molecule has 1 heterocycles. The zero-order chi connectivity index (χ0) is 13.9. The molecule has 0 radical (unpaired) electrons. The number of hydrogen-bond donors (Lipinski definition) is 1. The van der Waals surface area contributed by atoms with E-state index < -0.39 is 0 Å². The molecule has 1 saturated heterocycles. The summed E-state index contributed by atoms with van der Waals surface area (Å²) >= 11 is 0. The first-order valence-electron chi connectivity index (χ1n) is 7.24. The largest absolute Gasteiger partial charge is 0.329 e. The highest BCUT2D eigenvalue weighted by molar-refractivity contribution is 5.18. The van der Waals surface area contributed by atoms with E-state index in [1.807, 2.05) is 0 Å². The molecule has 2 atom stereocenters. The molecular formula is C16H27N3. The van der Waals surface area contributed by atoms with Gasteiger partial charge in [0.05, 0.1) is 0 Å². The SMILES string of the molecule is CC1CN(C(C)(CN)Cc2ccccc2)CCN1C. The molecule has 0 saturated carbocycles. The fraction of sp³-hybridized carbons (Fsp3) is 0.625. The van der Waals surface area contributed by atoms with Crippen molar-refractivity contribution in [3.05, 3.63) is 35.9 Å². The van der Waals surface area contributed by atoms with Crippen LogP contribution < -0.4 is 5.73 Å². The second kappa shape index (κ2) is 6.04. The molecule has 1 aliphatic heterocycles. The van der Waals surface area contributed by atoms with E-state index in [1.165, 1.54) is 5.56 Å². The van der Waals surface area contributed by atoms with Gasteiger partial charge in [-0.05, 0) is 32.9 Å². The molecule has 2 rings (SSSR count). The smallest absolute Gasteiger partial charge is 0.0345 e. The molecule has 0 amide bonds. The van der Waals surface area contributed by atoms with Crippen molar-refractivity contribution >= 4 is 0 Å². The molecule has 2 N–H and O–H groups in total. The van der Waals surface area contributed by atoms with Gasteiger partial charge >= 0.3 is 0 Å². The second-order valence-corrected chi connectivity index (χ2v) is 6.14. The first kappa shape index (κ1) is 14.5. The predicted molar refractivity (Wildman–Crippen MR) is 81.3 cm³/mol. The molecule has 2 unspecified atom stereocenters. The first-order chi connectivity index (χ1) is 9.05. The molecular weight excluding hydrogens is 234 g/mol. The highest BCUT2D eigenvalue weighted by atomic mass is 15.3. The Morgan fingerprint density at radius 2 is 1.95 bits per heavy atom. The van der Waals surface area contributed by atoms with Crippen molar-refractivity contribution in [1.82, 2.24) is 9.80 Å². The summed E-state index contributed by atoms with van der Waals surface area (Å²) in [4.78, 5) is 5.00. The fourth-order valence-corrected chi connectivity index (χ4v) is 2.89. The minimum Gasteiger partial charge on any atom is -0.329 e. The Morgan fingerprint density at radius 3 is 2.53 bits per heavy atom. The summed E-state index contributed by atoms with van der Waals surface area (Å²) < 4.78 is 0. The van der Waals surface area contributed by atoms with E-state index in [-0.39, 0.29) is 5.54 Å². The highest BCUT2D eigenvalue weighted by Crippen LogP contribution is 2.23. The van der Waals surface area contributed by atoms with Gasteiger partial charge in [-0.15, -0.1) is 0 Å². The number of piperazine rings is 1. The van der Waals surface area contributed by atoms with Crippen LogP contribution in [0.3, 0.4) is 0 Å². The van der Waals surface area contributed by atoms with Crippen LogP contribution in [0.4, 0.5) is 0 Å². The number of nitrogens with two attached hydrogens (primary N) is 1. The van der Waals surface area contributed by atoms with E-state index in [4.69, 9.17) is 5.73 Å². The molecule has 1 aromatic carbocycles. The van der Waals surface area contributed by atoms with Gasteiger partial charge in [0.2, 0.25) is 0 Å². The van der Waals surface area contributed by atoms with Crippen LogP contribution in [0.25, 0.3) is 0 Å². The lowest BCUT2D eigenvalue weighted by Gasteiger charge is -2.47. The van der Waals surface area contributed by atoms with Gasteiger partial charge in [-0.1, -0.05) is 30.3 Å². The third kappa shape index (κ3) is 3.35. The van der Waals surface area contributed by atoms with Crippen molar-refractivity contribution in [2.45, 2.75) is 31.8 Å². The summed E-state index contributed by atoms with van der Waals surface area (Å²) in [6, 6.07) is 11.3. The second-order valence-electron chi connectivity index (χ2n) is 6.14. The molecule has 1 fully saturated rings.